The molecule has 3 rings (SSSR count). The number of ether oxygens (including phenoxy) is 3. The molecule has 190 valence electrons. The molecule has 1 unspecified atom stereocenters. The number of amides is 3. The van der Waals surface area contributed by atoms with Crippen molar-refractivity contribution in [2.75, 3.05) is 32.3 Å². The molecule has 1 saturated heterocycles. The number of carboxylic acid groups (broad SMARTS) is 1. The molecule has 1 aliphatic rings. The number of carbonyl (C=O) groups is 4. The highest BCUT2D eigenvalue weighted by Crippen LogP contribution is 2.30. The molecule has 0 aromatic heterocycles. The number of rotatable bonds is 11. The Bertz CT molecular complexity index is 1160. The van der Waals surface area contributed by atoms with Gasteiger partial charge in [0.2, 0.25) is 11.8 Å². The minimum absolute atomic E-state index is 0.0685. The lowest BCUT2D eigenvalue weighted by molar-refractivity contribution is -0.135. The van der Waals surface area contributed by atoms with E-state index in [4.69, 9.17) is 19.3 Å². The molecule has 0 spiro atoms. The van der Waals surface area contributed by atoms with E-state index >= 15 is 0 Å². The maximum absolute atomic E-state index is 13.3. The quantitative estimate of drug-likeness (QED) is 0.372. The second-order valence-corrected chi connectivity index (χ2v) is 7.86. The Morgan fingerprint density at radius 3 is 2.36 bits per heavy atom. The van der Waals surface area contributed by atoms with Gasteiger partial charge in [-0.05, 0) is 55.3 Å². The fourth-order valence-electron chi connectivity index (χ4n) is 3.93. The van der Waals surface area contributed by atoms with Crippen LogP contribution in [0.25, 0.3) is 0 Å². The van der Waals surface area contributed by atoms with Crippen molar-refractivity contribution in [2.45, 2.75) is 25.8 Å². The van der Waals surface area contributed by atoms with Crippen molar-refractivity contribution >= 4 is 29.4 Å². The van der Waals surface area contributed by atoms with Crippen LogP contribution in [0.5, 0.6) is 17.2 Å². The standard InChI is InChI=1S/C26H28N2O8/c1-4-36-19-8-6-18(7-9-19)28-24(30)16-20(26(28)33)27(23(29)11-12-25(31)32)14-13-17-5-10-21(34-2)22(15-17)35-3/h5-12,15,20H,4,13-14,16H2,1-3H3,(H,31,32). The van der Waals surface area contributed by atoms with Gasteiger partial charge in [0.05, 0.1) is 32.9 Å². The summed E-state index contributed by atoms with van der Waals surface area (Å²) in [7, 11) is 3.03. The predicted octanol–water partition coefficient (Wildman–Crippen LogP) is 2.45. The zero-order valence-electron chi connectivity index (χ0n) is 20.3. The number of aliphatic carboxylic acids is 1. The molecule has 2 aromatic rings. The highest BCUT2D eigenvalue weighted by molar-refractivity contribution is 6.23. The van der Waals surface area contributed by atoms with Crippen LogP contribution >= 0.6 is 0 Å². The Morgan fingerprint density at radius 2 is 1.75 bits per heavy atom. The molecule has 10 nitrogen and oxygen atoms in total. The smallest absolute Gasteiger partial charge is 0.328 e. The number of carboxylic acids is 1. The van der Waals surface area contributed by atoms with Crippen LogP contribution in [0.4, 0.5) is 5.69 Å². The minimum Gasteiger partial charge on any atom is -0.494 e. The van der Waals surface area contributed by atoms with Gasteiger partial charge in [0.25, 0.3) is 5.91 Å². The molecule has 1 aliphatic heterocycles. The van der Waals surface area contributed by atoms with Gasteiger partial charge in [-0.2, -0.15) is 0 Å². The van der Waals surface area contributed by atoms with Gasteiger partial charge in [-0.15, -0.1) is 0 Å². The Morgan fingerprint density at radius 1 is 1.06 bits per heavy atom. The van der Waals surface area contributed by atoms with E-state index in [0.29, 0.717) is 42.0 Å². The number of nitrogens with zero attached hydrogens (tertiary/aromatic N) is 2. The molecule has 0 bridgehead atoms. The number of methoxy groups -OCH3 is 2. The molecule has 36 heavy (non-hydrogen) atoms. The molecular formula is C26H28N2O8. The first-order chi connectivity index (χ1) is 17.3. The zero-order chi connectivity index (χ0) is 26.2. The summed E-state index contributed by atoms with van der Waals surface area (Å²) in [5.74, 6) is -1.35. The van der Waals surface area contributed by atoms with Crippen molar-refractivity contribution in [3.8, 4) is 17.2 Å². The van der Waals surface area contributed by atoms with Crippen molar-refractivity contribution in [2.24, 2.45) is 0 Å². The van der Waals surface area contributed by atoms with Crippen LogP contribution in [0.15, 0.2) is 54.6 Å². The summed E-state index contributed by atoms with van der Waals surface area (Å²) in [5.41, 5.74) is 1.16. The lowest BCUT2D eigenvalue weighted by Crippen LogP contribution is -2.46. The lowest BCUT2D eigenvalue weighted by atomic mass is 10.1. The predicted molar refractivity (Wildman–Crippen MR) is 130 cm³/mol. The summed E-state index contributed by atoms with van der Waals surface area (Å²) in [6, 6.07) is 10.7. The van der Waals surface area contributed by atoms with E-state index in [9.17, 15) is 19.2 Å². The molecule has 1 atom stereocenters. The highest BCUT2D eigenvalue weighted by atomic mass is 16.5. The normalized spacial score (nSPS) is 15.3. The molecular weight excluding hydrogens is 468 g/mol. The van der Waals surface area contributed by atoms with E-state index in [-0.39, 0.29) is 13.0 Å². The molecule has 3 amide bonds. The van der Waals surface area contributed by atoms with Crippen LogP contribution < -0.4 is 19.1 Å². The summed E-state index contributed by atoms with van der Waals surface area (Å²) in [6.07, 6.45) is 1.70. The van der Waals surface area contributed by atoms with Crippen LogP contribution in [0, 0.1) is 0 Å². The third kappa shape index (κ3) is 6.01. The first-order valence-electron chi connectivity index (χ1n) is 11.3. The van der Waals surface area contributed by atoms with E-state index < -0.39 is 29.7 Å². The van der Waals surface area contributed by atoms with Crippen molar-refractivity contribution in [1.82, 2.24) is 4.90 Å². The van der Waals surface area contributed by atoms with Crippen LogP contribution in [-0.4, -0.2) is 67.1 Å². The SMILES string of the molecule is CCOc1ccc(N2C(=O)CC(N(CCc3ccc(OC)c(OC)c3)C(=O)C=CC(=O)O)C2=O)cc1. The summed E-state index contributed by atoms with van der Waals surface area (Å²) in [6.45, 7) is 2.39. The Labute approximate surface area is 208 Å². The number of anilines is 1. The van der Waals surface area contributed by atoms with E-state index in [0.717, 1.165) is 16.5 Å². The van der Waals surface area contributed by atoms with E-state index in [1.807, 2.05) is 6.92 Å². The highest BCUT2D eigenvalue weighted by Gasteiger charge is 2.44. The van der Waals surface area contributed by atoms with Crippen molar-refractivity contribution in [1.29, 1.82) is 0 Å². The van der Waals surface area contributed by atoms with Gasteiger partial charge < -0.3 is 24.2 Å². The van der Waals surface area contributed by atoms with Gasteiger partial charge in [0.1, 0.15) is 11.8 Å². The zero-order valence-corrected chi connectivity index (χ0v) is 20.3. The lowest BCUT2D eigenvalue weighted by Gasteiger charge is -2.27. The van der Waals surface area contributed by atoms with Gasteiger partial charge in [0.15, 0.2) is 11.5 Å². The molecule has 2 aromatic carbocycles. The van der Waals surface area contributed by atoms with Crippen LogP contribution in [0.2, 0.25) is 0 Å². The van der Waals surface area contributed by atoms with Crippen LogP contribution in [0.1, 0.15) is 18.9 Å². The monoisotopic (exact) mass is 496 g/mol. The fourth-order valence-corrected chi connectivity index (χ4v) is 3.93. The van der Waals surface area contributed by atoms with Gasteiger partial charge in [-0.1, -0.05) is 6.07 Å². The third-order valence-corrected chi connectivity index (χ3v) is 5.65. The topological polar surface area (TPSA) is 123 Å². The number of hydrogen-bond donors (Lipinski definition) is 1. The molecule has 1 N–H and O–H groups in total. The van der Waals surface area contributed by atoms with Gasteiger partial charge in [-0.25, -0.2) is 9.69 Å². The van der Waals surface area contributed by atoms with Gasteiger partial charge >= 0.3 is 5.97 Å². The molecule has 0 saturated carbocycles. The van der Waals surface area contributed by atoms with E-state index in [1.165, 1.54) is 19.1 Å². The number of carbonyl (C=O) groups excluding carboxylic acids is 3. The second kappa shape index (κ2) is 11.9. The van der Waals surface area contributed by atoms with Crippen molar-refractivity contribution in [3.05, 3.63) is 60.2 Å². The maximum atomic E-state index is 13.3. The molecule has 0 aliphatic carbocycles. The minimum atomic E-state index is -1.30. The van der Waals surface area contributed by atoms with Gasteiger partial charge in [0, 0.05) is 18.7 Å². The summed E-state index contributed by atoms with van der Waals surface area (Å²) >= 11 is 0. The van der Waals surface area contributed by atoms with E-state index in [2.05, 4.69) is 0 Å². The maximum Gasteiger partial charge on any atom is 0.328 e. The van der Waals surface area contributed by atoms with Crippen LogP contribution in [-0.2, 0) is 25.6 Å². The summed E-state index contributed by atoms with van der Waals surface area (Å²) in [4.78, 5) is 52.3. The summed E-state index contributed by atoms with van der Waals surface area (Å²) in [5, 5.41) is 8.95. The Balaban J connectivity index is 1.85. The third-order valence-electron chi connectivity index (χ3n) is 5.65. The molecule has 1 fully saturated rings. The first-order valence-corrected chi connectivity index (χ1v) is 11.3. The first kappa shape index (κ1) is 26.3. The second-order valence-electron chi connectivity index (χ2n) is 7.86. The molecule has 1 heterocycles. The number of imide groups is 1. The average Bonchev–Trinajstić information content (AvgIpc) is 3.16. The van der Waals surface area contributed by atoms with Crippen LogP contribution in [0.3, 0.4) is 0 Å². The van der Waals surface area contributed by atoms with Crippen molar-refractivity contribution in [3.63, 3.8) is 0 Å². The summed E-state index contributed by atoms with van der Waals surface area (Å²) < 4.78 is 16.0. The molecule has 0 radical (unpaired) electrons. The average molecular weight is 497 g/mol. The van der Waals surface area contributed by atoms with Crippen molar-refractivity contribution < 1.29 is 38.5 Å². The molecule has 10 heteroatoms. The number of benzene rings is 2. The fraction of sp³-hybridized carbons (Fsp3) is 0.308. The van der Waals surface area contributed by atoms with Gasteiger partial charge in [-0.3, -0.25) is 14.4 Å². The number of hydrogen-bond acceptors (Lipinski definition) is 7. The largest absolute Gasteiger partial charge is 0.494 e. The van der Waals surface area contributed by atoms with E-state index in [1.54, 1.807) is 42.5 Å². The Hall–Kier alpha value is -4.34. The Kier molecular flexibility index (Phi) is 8.66.